The molecule has 0 atom stereocenters. The van der Waals surface area contributed by atoms with Crippen molar-refractivity contribution in [3.63, 3.8) is 0 Å². The van der Waals surface area contributed by atoms with Crippen LogP contribution in [0.3, 0.4) is 0 Å². The molecule has 0 bridgehead atoms. The van der Waals surface area contributed by atoms with Crippen LogP contribution < -0.4 is 0 Å². The van der Waals surface area contributed by atoms with Crippen molar-refractivity contribution in [2.75, 3.05) is 26.8 Å². The number of nitrogens with one attached hydrogen (secondary N) is 1. The molecule has 0 aliphatic heterocycles. The Morgan fingerprint density at radius 3 is 2.12 bits per heavy atom. The van der Waals surface area contributed by atoms with E-state index in [1.54, 1.807) is 20.8 Å². The summed E-state index contributed by atoms with van der Waals surface area (Å²) in [6.07, 6.45) is 0. The third-order valence-corrected chi connectivity index (χ3v) is 3.46. The lowest BCUT2D eigenvalue weighted by atomic mass is 9.96. The van der Waals surface area contributed by atoms with E-state index in [1.165, 1.54) is 0 Å². The van der Waals surface area contributed by atoms with E-state index >= 15 is 0 Å². The molecule has 0 aliphatic rings. The average Bonchev–Trinajstić information content (AvgIpc) is 2.73. The van der Waals surface area contributed by atoms with Crippen LogP contribution in [0.5, 0.6) is 0 Å². The van der Waals surface area contributed by atoms with E-state index in [9.17, 15) is 9.59 Å². The van der Waals surface area contributed by atoms with Gasteiger partial charge in [-0.05, 0) is 38.8 Å². The summed E-state index contributed by atoms with van der Waals surface area (Å²) in [5.41, 5.74) is 2.14. The predicted molar refractivity (Wildman–Crippen MR) is 93.2 cm³/mol. The van der Waals surface area contributed by atoms with Gasteiger partial charge in [-0.3, -0.25) is 0 Å². The Labute approximate surface area is 144 Å². The highest BCUT2D eigenvalue weighted by molar-refractivity contribution is 5.98. The van der Waals surface area contributed by atoms with Gasteiger partial charge in [0.1, 0.15) is 5.69 Å². The zero-order valence-electron chi connectivity index (χ0n) is 15.9. The molecule has 1 heterocycles. The van der Waals surface area contributed by atoms with Gasteiger partial charge in [0.15, 0.2) is 0 Å². The van der Waals surface area contributed by atoms with Crippen LogP contribution in [0.25, 0.3) is 0 Å². The number of aromatic nitrogens is 1. The molecule has 24 heavy (non-hydrogen) atoms. The number of hydrogen-bond acceptors (Lipinski definition) is 5. The van der Waals surface area contributed by atoms with Gasteiger partial charge in [-0.1, -0.05) is 20.8 Å². The fourth-order valence-electron chi connectivity index (χ4n) is 2.80. The maximum Gasteiger partial charge on any atom is 0.355 e. The monoisotopic (exact) mass is 338 g/mol. The molecule has 1 aromatic heterocycles. The number of hydrogen-bond donors (Lipinski definition) is 1. The zero-order chi connectivity index (χ0) is 18.5. The Balaban J connectivity index is 3.18. The number of carbonyl (C=O) groups is 2. The van der Waals surface area contributed by atoms with E-state index < -0.39 is 11.9 Å². The quantitative estimate of drug-likeness (QED) is 0.773. The molecule has 6 nitrogen and oxygen atoms in total. The van der Waals surface area contributed by atoms with E-state index in [0.717, 1.165) is 6.54 Å². The third kappa shape index (κ3) is 5.37. The number of esters is 2. The van der Waals surface area contributed by atoms with Gasteiger partial charge in [0.2, 0.25) is 0 Å². The Bertz CT molecular complexity index is 585. The molecular weight excluding hydrogens is 308 g/mol. The van der Waals surface area contributed by atoms with E-state index in [4.69, 9.17) is 9.47 Å². The van der Waals surface area contributed by atoms with Crippen LogP contribution in [-0.4, -0.2) is 48.6 Å². The standard InChI is InChI=1S/C18H30N2O4/c1-8-23-16(21)14-12(3)15(17(22)24-9-2)19-13(14)10-20(7)11-18(4,5)6/h19H,8-11H2,1-7H3. The molecular formula is C18H30N2O4. The molecule has 0 amide bonds. The molecule has 0 aromatic carbocycles. The van der Waals surface area contributed by atoms with Gasteiger partial charge in [0, 0.05) is 18.8 Å². The van der Waals surface area contributed by atoms with E-state index in [2.05, 4.69) is 30.7 Å². The Morgan fingerprint density at radius 1 is 1.08 bits per heavy atom. The van der Waals surface area contributed by atoms with Crippen molar-refractivity contribution in [3.05, 3.63) is 22.5 Å². The third-order valence-electron chi connectivity index (χ3n) is 3.46. The lowest BCUT2D eigenvalue weighted by molar-refractivity contribution is 0.0517. The van der Waals surface area contributed by atoms with Crippen LogP contribution in [0.1, 0.15) is 66.7 Å². The molecule has 0 saturated carbocycles. The molecule has 0 spiro atoms. The molecule has 136 valence electrons. The topological polar surface area (TPSA) is 71.6 Å². The summed E-state index contributed by atoms with van der Waals surface area (Å²) in [5, 5.41) is 0. The summed E-state index contributed by atoms with van der Waals surface area (Å²) in [7, 11) is 1.99. The van der Waals surface area contributed by atoms with Crippen molar-refractivity contribution in [2.24, 2.45) is 5.41 Å². The number of nitrogens with zero attached hydrogens (tertiary/aromatic N) is 1. The van der Waals surface area contributed by atoms with Gasteiger partial charge in [0.05, 0.1) is 18.8 Å². The lowest BCUT2D eigenvalue weighted by Gasteiger charge is -2.26. The Kier molecular flexibility index (Phi) is 7.02. The number of H-pyrrole nitrogens is 1. The average molecular weight is 338 g/mol. The Morgan fingerprint density at radius 2 is 1.62 bits per heavy atom. The molecule has 0 unspecified atom stereocenters. The van der Waals surface area contributed by atoms with Crippen molar-refractivity contribution >= 4 is 11.9 Å². The summed E-state index contributed by atoms with van der Waals surface area (Å²) >= 11 is 0. The van der Waals surface area contributed by atoms with Crippen molar-refractivity contribution in [2.45, 2.75) is 48.1 Å². The maximum atomic E-state index is 12.3. The molecule has 0 radical (unpaired) electrons. The molecule has 0 saturated heterocycles. The normalized spacial score (nSPS) is 11.7. The zero-order valence-corrected chi connectivity index (χ0v) is 15.9. The predicted octanol–water partition coefficient (Wildman–Crippen LogP) is 3.15. The van der Waals surface area contributed by atoms with Crippen LogP contribution in [0.2, 0.25) is 0 Å². The van der Waals surface area contributed by atoms with E-state index in [0.29, 0.717) is 29.1 Å². The second-order valence-corrected chi connectivity index (χ2v) is 7.15. The first kappa shape index (κ1) is 20.2. The van der Waals surface area contributed by atoms with Crippen molar-refractivity contribution < 1.29 is 19.1 Å². The minimum atomic E-state index is -0.453. The van der Waals surface area contributed by atoms with E-state index in [-0.39, 0.29) is 18.6 Å². The van der Waals surface area contributed by atoms with Crippen molar-refractivity contribution in [3.8, 4) is 0 Å². The van der Waals surface area contributed by atoms with Gasteiger partial charge in [-0.2, -0.15) is 0 Å². The second kappa shape index (κ2) is 8.33. The van der Waals surface area contributed by atoms with Crippen LogP contribution in [0, 0.1) is 12.3 Å². The summed E-state index contributed by atoms with van der Waals surface area (Å²) in [6.45, 7) is 13.6. The van der Waals surface area contributed by atoms with Crippen LogP contribution in [-0.2, 0) is 16.0 Å². The largest absolute Gasteiger partial charge is 0.462 e. The second-order valence-electron chi connectivity index (χ2n) is 7.15. The van der Waals surface area contributed by atoms with Gasteiger partial charge >= 0.3 is 11.9 Å². The fraction of sp³-hybridized carbons (Fsp3) is 0.667. The van der Waals surface area contributed by atoms with Crippen molar-refractivity contribution in [1.82, 2.24) is 9.88 Å². The fourth-order valence-corrected chi connectivity index (χ4v) is 2.80. The number of rotatable bonds is 7. The minimum absolute atomic E-state index is 0.129. The van der Waals surface area contributed by atoms with Crippen LogP contribution in [0.15, 0.2) is 0 Å². The molecule has 1 aromatic rings. The molecule has 1 rings (SSSR count). The first-order valence-electron chi connectivity index (χ1n) is 8.34. The summed E-state index contributed by atoms with van der Waals surface area (Å²) < 4.78 is 10.2. The summed E-state index contributed by atoms with van der Waals surface area (Å²) in [6, 6.07) is 0. The van der Waals surface area contributed by atoms with Gasteiger partial charge < -0.3 is 19.4 Å². The first-order chi connectivity index (χ1) is 11.1. The first-order valence-corrected chi connectivity index (χ1v) is 8.34. The summed E-state index contributed by atoms with van der Waals surface area (Å²) in [5.74, 6) is -0.869. The number of ether oxygens (including phenoxy) is 2. The highest BCUT2D eigenvalue weighted by atomic mass is 16.5. The minimum Gasteiger partial charge on any atom is -0.462 e. The van der Waals surface area contributed by atoms with E-state index in [1.807, 2.05) is 7.05 Å². The molecule has 6 heteroatoms. The lowest BCUT2D eigenvalue weighted by Crippen LogP contribution is -2.29. The van der Waals surface area contributed by atoms with Gasteiger partial charge in [-0.25, -0.2) is 9.59 Å². The maximum absolute atomic E-state index is 12.3. The molecule has 1 N–H and O–H groups in total. The number of carbonyl (C=O) groups excluding carboxylic acids is 2. The smallest absolute Gasteiger partial charge is 0.355 e. The highest BCUT2D eigenvalue weighted by Crippen LogP contribution is 2.23. The Hall–Kier alpha value is -1.82. The van der Waals surface area contributed by atoms with Crippen LogP contribution >= 0.6 is 0 Å². The highest BCUT2D eigenvalue weighted by Gasteiger charge is 2.26. The molecule has 0 fully saturated rings. The number of aromatic amines is 1. The van der Waals surface area contributed by atoms with Crippen molar-refractivity contribution in [1.29, 1.82) is 0 Å². The molecule has 0 aliphatic carbocycles. The van der Waals surface area contributed by atoms with Crippen LogP contribution in [0.4, 0.5) is 0 Å². The van der Waals surface area contributed by atoms with Gasteiger partial charge in [-0.15, -0.1) is 0 Å². The summed E-state index contributed by atoms with van der Waals surface area (Å²) in [4.78, 5) is 29.6. The SMILES string of the molecule is CCOC(=O)c1[nH]c(CN(C)CC(C)(C)C)c(C(=O)OCC)c1C. The van der Waals surface area contributed by atoms with Gasteiger partial charge in [0.25, 0.3) is 0 Å².